The van der Waals surface area contributed by atoms with E-state index in [2.05, 4.69) is 15.0 Å². The van der Waals surface area contributed by atoms with Gasteiger partial charge in [-0.05, 0) is 24.4 Å². The Hall–Kier alpha value is -2.14. The van der Waals surface area contributed by atoms with Crippen molar-refractivity contribution in [2.45, 2.75) is 0 Å². The molecule has 0 saturated carbocycles. The third-order valence-corrected chi connectivity index (χ3v) is 2.80. The normalized spacial score (nSPS) is 15.4. The maximum atomic E-state index is 9.60. The number of imidazole rings is 1. The highest BCUT2D eigenvalue weighted by Crippen LogP contribution is 2.32. The fraction of sp³-hybridized carbons (Fsp3) is 0. The van der Waals surface area contributed by atoms with E-state index in [1.54, 1.807) is 6.21 Å². The summed E-state index contributed by atoms with van der Waals surface area (Å²) in [4.78, 5) is 9.79. The minimum atomic E-state index is 0.0419. The zero-order chi connectivity index (χ0) is 11.8. The van der Waals surface area contributed by atoms with Gasteiger partial charge in [0.25, 0.3) is 0 Å². The molecule has 0 spiro atoms. The van der Waals surface area contributed by atoms with Crippen molar-refractivity contribution in [3.8, 4) is 5.88 Å². The van der Waals surface area contributed by atoms with Gasteiger partial charge in [0.15, 0.2) is 4.77 Å². The van der Waals surface area contributed by atoms with Gasteiger partial charge < -0.3 is 15.1 Å². The average Bonchev–Trinajstić information content (AvgIpc) is 2.85. The molecule has 0 atom stereocenters. The fourth-order valence-corrected chi connectivity index (χ4v) is 2.01. The average molecular weight is 243 g/mol. The number of nitrogens with zero attached hydrogens (tertiary/aromatic N) is 1. The molecule has 3 N–H and O–H groups in total. The lowest BCUT2D eigenvalue weighted by molar-refractivity contribution is 0.455. The van der Waals surface area contributed by atoms with Gasteiger partial charge in [-0.1, -0.05) is 18.2 Å². The number of allylic oxidation sites excluding steroid dienone is 1. The van der Waals surface area contributed by atoms with Gasteiger partial charge in [0, 0.05) is 17.4 Å². The number of aliphatic imine (C=N–C) groups is 1. The number of aromatic hydroxyl groups is 1. The molecule has 0 unspecified atom stereocenters. The highest BCUT2D eigenvalue weighted by atomic mass is 32.1. The number of H-pyrrole nitrogens is 2. The van der Waals surface area contributed by atoms with Crippen molar-refractivity contribution in [1.29, 1.82) is 0 Å². The molecule has 0 saturated heterocycles. The third-order valence-electron chi connectivity index (χ3n) is 2.59. The van der Waals surface area contributed by atoms with Crippen LogP contribution in [0.3, 0.4) is 0 Å². The first-order valence-electron chi connectivity index (χ1n) is 5.10. The Morgan fingerprint density at radius 2 is 2.06 bits per heavy atom. The monoisotopic (exact) mass is 243 g/mol. The lowest BCUT2D eigenvalue weighted by atomic mass is 10.1. The smallest absolute Gasteiger partial charge is 0.215 e. The number of hydrogen-bond acceptors (Lipinski definition) is 3. The molecule has 0 amide bonds. The summed E-state index contributed by atoms with van der Waals surface area (Å²) in [6, 6.07) is 7.85. The largest absolute Gasteiger partial charge is 0.493 e. The zero-order valence-corrected chi connectivity index (χ0v) is 9.58. The van der Waals surface area contributed by atoms with Crippen LogP contribution in [0.4, 0.5) is 5.69 Å². The second-order valence-corrected chi connectivity index (χ2v) is 4.12. The summed E-state index contributed by atoms with van der Waals surface area (Å²) < 4.78 is 0.401. The number of hydrogen-bond donors (Lipinski definition) is 3. The molecule has 2 aromatic rings. The highest BCUT2D eigenvalue weighted by Gasteiger charge is 2.12. The predicted molar refractivity (Wildman–Crippen MR) is 70.1 cm³/mol. The molecule has 3 rings (SSSR count). The molecule has 0 fully saturated rings. The van der Waals surface area contributed by atoms with Crippen LogP contribution in [0.25, 0.3) is 11.6 Å². The highest BCUT2D eigenvalue weighted by molar-refractivity contribution is 7.71. The summed E-state index contributed by atoms with van der Waals surface area (Å²) in [6.45, 7) is 0. The topological polar surface area (TPSA) is 64.2 Å². The van der Waals surface area contributed by atoms with Crippen LogP contribution in [0.2, 0.25) is 0 Å². The Morgan fingerprint density at radius 3 is 2.82 bits per heavy atom. The standard InChI is InChI=1S/C12H9N3OS/c16-11-10(14-12(17)15-11)5-7-6-13-9-4-2-1-3-8(7)9/h1-6,16H,(H2,14,15,17)/b7-5+. The Labute approximate surface area is 102 Å². The number of benzene rings is 1. The van der Waals surface area contributed by atoms with Crippen LogP contribution in [0.1, 0.15) is 11.3 Å². The first-order valence-corrected chi connectivity index (χ1v) is 5.51. The number of nitrogens with one attached hydrogen (secondary N) is 2. The molecule has 4 nitrogen and oxygen atoms in total. The second-order valence-electron chi connectivity index (χ2n) is 3.72. The van der Waals surface area contributed by atoms with Gasteiger partial charge in [-0.25, -0.2) is 0 Å². The third kappa shape index (κ3) is 1.70. The molecule has 0 radical (unpaired) electrons. The van der Waals surface area contributed by atoms with Crippen LogP contribution in [-0.4, -0.2) is 21.3 Å². The molecule has 1 aliphatic rings. The van der Waals surface area contributed by atoms with E-state index in [1.807, 2.05) is 30.3 Å². The van der Waals surface area contributed by atoms with E-state index in [4.69, 9.17) is 12.2 Å². The number of aromatic amines is 2. The molecule has 84 valence electrons. The van der Waals surface area contributed by atoms with Crippen LogP contribution >= 0.6 is 12.2 Å². The van der Waals surface area contributed by atoms with Gasteiger partial charge >= 0.3 is 0 Å². The van der Waals surface area contributed by atoms with Crippen molar-refractivity contribution in [2.75, 3.05) is 0 Å². The van der Waals surface area contributed by atoms with E-state index < -0.39 is 0 Å². The van der Waals surface area contributed by atoms with Crippen molar-refractivity contribution in [2.24, 2.45) is 4.99 Å². The molecule has 1 aromatic heterocycles. The summed E-state index contributed by atoms with van der Waals surface area (Å²) in [7, 11) is 0. The second kappa shape index (κ2) is 3.71. The SMILES string of the molecule is Oc1[nH]c(=S)[nH]c1/C=C1\C=Nc2ccccc21. The summed E-state index contributed by atoms with van der Waals surface area (Å²) >= 11 is 4.91. The minimum Gasteiger partial charge on any atom is -0.493 e. The summed E-state index contributed by atoms with van der Waals surface area (Å²) in [5, 5.41) is 9.60. The quantitative estimate of drug-likeness (QED) is 0.674. The van der Waals surface area contributed by atoms with Crippen LogP contribution in [0.5, 0.6) is 5.88 Å². The summed E-state index contributed by atoms with van der Waals surface area (Å²) in [5.41, 5.74) is 3.49. The van der Waals surface area contributed by atoms with Crippen molar-refractivity contribution >= 4 is 35.8 Å². The van der Waals surface area contributed by atoms with Gasteiger partial charge in [-0.3, -0.25) is 4.99 Å². The molecule has 5 heteroatoms. The molecule has 17 heavy (non-hydrogen) atoms. The summed E-state index contributed by atoms with van der Waals surface area (Å²) in [5.74, 6) is 0.0419. The molecule has 0 aliphatic carbocycles. The first kappa shape index (κ1) is 10.0. The molecule has 2 heterocycles. The van der Waals surface area contributed by atoms with E-state index in [0.29, 0.717) is 10.5 Å². The first-order chi connectivity index (χ1) is 8.24. The number of para-hydroxylation sites is 1. The lowest BCUT2D eigenvalue weighted by Gasteiger charge is -1.97. The van der Waals surface area contributed by atoms with E-state index in [1.165, 1.54) is 0 Å². The number of fused-ring (bicyclic) bond motifs is 1. The maximum Gasteiger partial charge on any atom is 0.215 e. The Bertz CT molecular complexity index is 694. The van der Waals surface area contributed by atoms with Crippen molar-refractivity contribution in [3.63, 3.8) is 0 Å². The molecule has 1 aromatic carbocycles. The Balaban J connectivity index is 2.11. The lowest BCUT2D eigenvalue weighted by Crippen LogP contribution is -1.81. The van der Waals surface area contributed by atoms with Gasteiger partial charge in [-0.15, -0.1) is 0 Å². The van der Waals surface area contributed by atoms with E-state index in [0.717, 1.165) is 16.8 Å². The van der Waals surface area contributed by atoms with Crippen LogP contribution < -0.4 is 0 Å². The maximum absolute atomic E-state index is 9.60. The van der Waals surface area contributed by atoms with Crippen LogP contribution in [-0.2, 0) is 0 Å². The predicted octanol–water partition coefficient (Wildman–Crippen LogP) is 3.03. The molecular formula is C12H9N3OS. The van der Waals surface area contributed by atoms with E-state index in [-0.39, 0.29) is 5.88 Å². The van der Waals surface area contributed by atoms with Gasteiger partial charge in [-0.2, -0.15) is 0 Å². The van der Waals surface area contributed by atoms with E-state index in [9.17, 15) is 5.11 Å². The molecule has 1 aliphatic heterocycles. The van der Waals surface area contributed by atoms with E-state index >= 15 is 0 Å². The fourth-order valence-electron chi connectivity index (χ4n) is 1.80. The van der Waals surface area contributed by atoms with Crippen LogP contribution in [0.15, 0.2) is 29.3 Å². The van der Waals surface area contributed by atoms with Crippen LogP contribution in [0, 0.1) is 4.77 Å². The zero-order valence-electron chi connectivity index (χ0n) is 8.77. The summed E-state index contributed by atoms with van der Waals surface area (Å²) in [6.07, 6.45) is 3.59. The number of aromatic nitrogens is 2. The van der Waals surface area contributed by atoms with Crippen molar-refractivity contribution < 1.29 is 5.11 Å². The Kier molecular flexibility index (Phi) is 2.19. The minimum absolute atomic E-state index is 0.0419. The van der Waals surface area contributed by atoms with Gasteiger partial charge in [0.2, 0.25) is 5.88 Å². The van der Waals surface area contributed by atoms with Crippen molar-refractivity contribution in [1.82, 2.24) is 9.97 Å². The molecular weight excluding hydrogens is 234 g/mol. The van der Waals surface area contributed by atoms with Gasteiger partial charge in [0.1, 0.15) is 5.69 Å². The number of rotatable bonds is 1. The Morgan fingerprint density at radius 1 is 1.24 bits per heavy atom. The van der Waals surface area contributed by atoms with Gasteiger partial charge in [0.05, 0.1) is 5.69 Å². The molecule has 0 bridgehead atoms. The van der Waals surface area contributed by atoms with Crippen molar-refractivity contribution in [3.05, 3.63) is 40.3 Å².